The largest absolute Gasteiger partial charge is 0.507 e. The molecule has 6 heteroatoms. The van der Waals surface area contributed by atoms with Crippen LogP contribution in [0.1, 0.15) is 56.7 Å². The summed E-state index contributed by atoms with van der Waals surface area (Å²) in [5, 5.41) is 11.2. The molecule has 2 aromatic rings. The van der Waals surface area contributed by atoms with Crippen molar-refractivity contribution in [1.82, 2.24) is 4.90 Å². The third-order valence-corrected chi connectivity index (χ3v) is 5.55. The number of ether oxygens (including phenoxy) is 2. The molecule has 6 nitrogen and oxygen atoms in total. The minimum Gasteiger partial charge on any atom is -0.507 e. The Balaban J connectivity index is 2.07. The molecule has 1 unspecified atom stereocenters. The van der Waals surface area contributed by atoms with Crippen molar-refractivity contribution in [3.63, 3.8) is 0 Å². The lowest BCUT2D eigenvalue weighted by molar-refractivity contribution is -0.139. The second-order valence-electron chi connectivity index (χ2n) is 7.85. The van der Waals surface area contributed by atoms with Crippen molar-refractivity contribution in [3.05, 3.63) is 65.2 Å². The number of nitrogens with zero attached hydrogens (tertiary/aromatic N) is 1. The van der Waals surface area contributed by atoms with Gasteiger partial charge in [0.1, 0.15) is 17.3 Å². The summed E-state index contributed by atoms with van der Waals surface area (Å²) in [7, 11) is 1.58. The number of unbranched alkanes of at least 4 members (excludes halogenated alkanes) is 2. The Kier molecular flexibility index (Phi) is 7.92. The molecule has 0 radical (unpaired) electrons. The van der Waals surface area contributed by atoms with Gasteiger partial charge in [-0.2, -0.15) is 0 Å². The average Bonchev–Trinajstić information content (AvgIpc) is 3.07. The average molecular weight is 438 g/mol. The number of likely N-dealkylation sites (tertiary alicyclic amines) is 1. The standard InChI is InChI=1S/C26H31NO5/c1-4-6-7-15-27-23(18-11-13-20(31-3)14-12-18)22(25(29)26(27)30)24(28)19-9-8-10-21(17-19)32-16-5-2/h8-14,17,23,28H,4-7,15-16H2,1-3H3/b24-22-. The van der Waals surface area contributed by atoms with Gasteiger partial charge in [-0.15, -0.1) is 0 Å². The molecule has 3 rings (SSSR count). The van der Waals surface area contributed by atoms with Gasteiger partial charge in [0, 0.05) is 12.1 Å². The quantitative estimate of drug-likeness (QED) is 0.242. The predicted octanol–water partition coefficient (Wildman–Crippen LogP) is 5.10. The van der Waals surface area contributed by atoms with E-state index in [1.54, 1.807) is 48.4 Å². The highest BCUT2D eigenvalue weighted by Gasteiger charge is 2.45. The third kappa shape index (κ3) is 4.96. The summed E-state index contributed by atoms with van der Waals surface area (Å²) in [5.74, 6) is -0.155. The van der Waals surface area contributed by atoms with Crippen LogP contribution >= 0.6 is 0 Å². The van der Waals surface area contributed by atoms with E-state index < -0.39 is 17.7 Å². The topological polar surface area (TPSA) is 76.1 Å². The van der Waals surface area contributed by atoms with Gasteiger partial charge in [0.05, 0.1) is 25.3 Å². The minimum atomic E-state index is -0.667. The molecule has 1 aliphatic rings. The Bertz CT molecular complexity index is 980. The number of rotatable bonds is 10. The predicted molar refractivity (Wildman–Crippen MR) is 124 cm³/mol. The number of methoxy groups -OCH3 is 1. The van der Waals surface area contributed by atoms with Crippen molar-refractivity contribution < 1.29 is 24.2 Å². The van der Waals surface area contributed by atoms with E-state index in [1.807, 2.05) is 19.1 Å². The lowest BCUT2D eigenvalue weighted by atomic mass is 9.95. The zero-order valence-electron chi connectivity index (χ0n) is 19.0. The van der Waals surface area contributed by atoms with Crippen molar-refractivity contribution in [1.29, 1.82) is 0 Å². The normalized spacial score (nSPS) is 17.6. The van der Waals surface area contributed by atoms with E-state index in [0.29, 0.717) is 30.2 Å². The molecule has 32 heavy (non-hydrogen) atoms. The zero-order chi connectivity index (χ0) is 23.1. The van der Waals surface area contributed by atoms with Gasteiger partial charge >= 0.3 is 0 Å². The number of ketones is 1. The number of benzene rings is 2. The van der Waals surface area contributed by atoms with Gasteiger partial charge in [-0.25, -0.2) is 0 Å². The Hall–Kier alpha value is -3.28. The summed E-state index contributed by atoms with van der Waals surface area (Å²) in [6, 6.07) is 13.6. The van der Waals surface area contributed by atoms with Crippen LogP contribution in [0.3, 0.4) is 0 Å². The number of amides is 1. The molecule has 0 bridgehead atoms. The fraction of sp³-hybridized carbons (Fsp3) is 0.385. The summed E-state index contributed by atoms with van der Waals surface area (Å²) >= 11 is 0. The maximum Gasteiger partial charge on any atom is 0.295 e. The molecular weight excluding hydrogens is 406 g/mol. The highest BCUT2D eigenvalue weighted by molar-refractivity contribution is 6.46. The summed E-state index contributed by atoms with van der Waals surface area (Å²) in [6.45, 7) is 5.10. The first kappa shape index (κ1) is 23.4. The van der Waals surface area contributed by atoms with Gasteiger partial charge in [-0.1, -0.05) is 51.0 Å². The number of aliphatic hydroxyl groups is 1. The fourth-order valence-corrected chi connectivity index (χ4v) is 3.88. The first-order valence-electron chi connectivity index (χ1n) is 11.2. The molecule has 1 heterocycles. The van der Waals surface area contributed by atoms with Crippen LogP contribution in [0.15, 0.2) is 54.1 Å². The first-order valence-corrected chi connectivity index (χ1v) is 11.2. The molecule has 1 atom stereocenters. The monoisotopic (exact) mass is 437 g/mol. The molecule has 170 valence electrons. The smallest absolute Gasteiger partial charge is 0.295 e. The van der Waals surface area contributed by atoms with Gasteiger partial charge in [0.15, 0.2) is 0 Å². The number of Topliss-reactive ketones (excluding diaryl/α,β-unsaturated/α-hetero) is 1. The molecule has 1 saturated heterocycles. The van der Waals surface area contributed by atoms with Crippen LogP contribution in [0, 0.1) is 0 Å². The van der Waals surface area contributed by atoms with E-state index in [9.17, 15) is 14.7 Å². The molecule has 0 saturated carbocycles. The Morgan fingerprint density at radius 2 is 1.75 bits per heavy atom. The molecular formula is C26H31NO5. The van der Waals surface area contributed by atoms with Gasteiger partial charge in [-0.3, -0.25) is 9.59 Å². The van der Waals surface area contributed by atoms with Gasteiger partial charge in [-0.05, 0) is 42.7 Å². The zero-order valence-corrected chi connectivity index (χ0v) is 19.0. The molecule has 1 N–H and O–H groups in total. The summed E-state index contributed by atoms with van der Waals surface area (Å²) in [4.78, 5) is 27.6. The van der Waals surface area contributed by atoms with E-state index in [1.165, 1.54) is 0 Å². The molecule has 0 aliphatic carbocycles. The molecule has 2 aromatic carbocycles. The Morgan fingerprint density at radius 3 is 2.41 bits per heavy atom. The van der Waals surface area contributed by atoms with Crippen molar-refractivity contribution in [2.24, 2.45) is 0 Å². The molecule has 1 amide bonds. The number of hydrogen-bond acceptors (Lipinski definition) is 5. The van der Waals surface area contributed by atoms with Crippen molar-refractivity contribution in [3.8, 4) is 11.5 Å². The van der Waals surface area contributed by atoms with Crippen LogP contribution in [0.25, 0.3) is 5.76 Å². The number of carbonyl (C=O) groups is 2. The van der Waals surface area contributed by atoms with E-state index in [2.05, 4.69) is 6.92 Å². The highest BCUT2D eigenvalue weighted by atomic mass is 16.5. The Morgan fingerprint density at radius 1 is 1.00 bits per heavy atom. The van der Waals surface area contributed by atoms with Crippen LogP contribution in [0.2, 0.25) is 0 Å². The lowest BCUT2D eigenvalue weighted by Gasteiger charge is -2.25. The van der Waals surface area contributed by atoms with Crippen LogP contribution < -0.4 is 9.47 Å². The SMILES string of the molecule is CCCCCN1C(=O)C(=O)/C(=C(\O)c2cccc(OCCC)c2)C1c1ccc(OC)cc1. The summed E-state index contributed by atoms with van der Waals surface area (Å²) < 4.78 is 10.9. The van der Waals surface area contributed by atoms with Crippen LogP contribution in [-0.2, 0) is 9.59 Å². The molecule has 0 aromatic heterocycles. The molecule has 0 spiro atoms. The fourth-order valence-electron chi connectivity index (χ4n) is 3.88. The van der Waals surface area contributed by atoms with Crippen LogP contribution in [0.4, 0.5) is 0 Å². The van der Waals surface area contributed by atoms with Crippen molar-refractivity contribution in [2.45, 2.75) is 45.6 Å². The van der Waals surface area contributed by atoms with Gasteiger partial charge in [0.25, 0.3) is 11.7 Å². The van der Waals surface area contributed by atoms with Crippen LogP contribution in [-0.4, -0.2) is 42.0 Å². The molecule has 1 fully saturated rings. The first-order chi connectivity index (χ1) is 15.5. The van der Waals surface area contributed by atoms with E-state index in [0.717, 1.165) is 31.2 Å². The number of carbonyl (C=O) groups excluding carboxylic acids is 2. The van der Waals surface area contributed by atoms with E-state index in [-0.39, 0.29) is 11.3 Å². The van der Waals surface area contributed by atoms with E-state index in [4.69, 9.17) is 9.47 Å². The number of aliphatic hydroxyl groups excluding tert-OH is 1. The summed E-state index contributed by atoms with van der Waals surface area (Å²) in [6.07, 6.45) is 3.60. The van der Waals surface area contributed by atoms with Gasteiger partial charge < -0.3 is 19.5 Å². The maximum atomic E-state index is 13.1. The minimum absolute atomic E-state index is 0.101. The lowest BCUT2D eigenvalue weighted by Crippen LogP contribution is -2.30. The second-order valence-corrected chi connectivity index (χ2v) is 7.85. The summed E-state index contributed by atoms with van der Waals surface area (Å²) in [5.41, 5.74) is 1.30. The van der Waals surface area contributed by atoms with E-state index >= 15 is 0 Å². The Labute approximate surface area is 189 Å². The van der Waals surface area contributed by atoms with Crippen molar-refractivity contribution >= 4 is 17.4 Å². The van der Waals surface area contributed by atoms with Gasteiger partial charge in [0.2, 0.25) is 0 Å². The second kappa shape index (κ2) is 10.8. The van der Waals surface area contributed by atoms with Crippen molar-refractivity contribution in [2.75, 3.05) is 20.3 Å². The van der Waals surface area contributed by atoms with Crippen LogP contribution in [0.5, 0.6) is 11.5 Å². The maximum absolute atomic E-state index is 13.1. The third-order valence-electron chi connectivity index (χ3n) is 5.55. The molecule has 1 aliphatic heterocycles. The highest BCUT2D eigenvalue weighted by Crippen LogP contribution is 2.40. The number of hydrogen-bond donors (Lipinski definition) is 1.